The number of nitrogens with one attached hydrogen (secondary N) is 2. The van der Waals surface area contributed by atoms with Gasteiger partial charge in [-0.3, -0.25) is 0 Å². The highest BCUT2D eigenvalue weighted by Crippen LogP contribution is 2.22. The van der Waals surface area contributed by atoms with Gasteiger partial charge in [-0.05, 0) is 47.3 Å². The van der Waals surface area contributed by atoms with Crippen molar-refractivity contribution in [3.8, 4) is 6.07 Å². The molecule has 2 aromatic carbocycles. The predicted molar refractivity (Wildman–Crippen MR) is 81.8 cm³/mol. The van der Waals surface area contributed by atoms with Gasteiger partial charge in [0, 0.05) is 23.3 Å². The molecule has 2 N–H and O–H groups in total. The largest absolute Gasteiger partial charge is 0.380 e. The van der Waals surface area contributed by atoms with Crippen LogP contribution in [0.25, 0.3) is 10.9 Å². The summed E-state index contributed by atoms with van der Waals surface area (Å²) in [6, 6.07) is 15.6. The van der Waals surface area contributed by atoms with Crippen molar-refractivity contribution < 1.29 is 0 Å². The number of H-pyrrole nitrogens is 1. The Labute approximate surface area is 121 Å². The van der Waals surface area contributed by atoms with Crippen LogP contribution in [0.1, 0.15) is 11.1 Å². The molecular weight excluding hydrogens is 270 g/mol. The van der Waals surface area contributed by atoms with E-state index in [1.54, 1.807) is 18.2 Å². The molecule has 0 amide bonds. The first-order valence-electron chi connectivity index (χ1n) is 6.26. The quantitative estimate of drug-likeness (QED) is 0.752. The third kappa shape index (κ3) is 2.47. The Hall–Kier alpha value is -2.44. The van der Waals surface area contributed by atoms with Crippen molar-refractivity contribution in [1.82, 2.24) is 4.98 Å². The smallest absolute Gasteiger partial charge is 0.101 e. The number of hydrogen-bond acceptors (Lipinski definition) is 2. The number of rotatable bonds is 3. The molecule has 3 rings (SSSR count). The van der Waals surface area contributed by atoms with Crippen molar-refractivity contribution in [3.63, 3.8) is 0 Å². The molecule has 0 spiro atoms. The van der Waals surface area contributed by atoms with Gasteiger partial charge < -0.3 is 10.3 Å². The van der Waals surface area contributed by atoms with Crippen molar-refractivity contribution in [2.24, 2.45) is 0 Å². The van der Waals surface area contributed by atoms with Crippen LogP contribution in [0.2, 0.25) is 5.02 Å². The van der Waals surface area contributed by atoms with Crippen molar-refractivity contribution in [3.05, 3.63) is 64.8 Å². The number of aromatic amines is 1. The summed E-state index contributed by atoms with van der Waals surface area (Å²) in [6.45, 7) is 0.649. The topological polar surface area (TPSA) is 51.6 Å². The minimum atomic E-state index is 0.595. The maximum atomic E-state index is 9.08. The normalized spacial score (nSPS) is 10.4. The zero-order valence-electron chi connectivity index (χ0n) is 10.7. The fourth-order valence-electron chi connectivity index (χ4n) is 2.17. The lowest BCUT2D eigenvalue weighted by molar-refractivity contribution is 1.15. The van der Waals surface area contributed by atoms with Crippen molar-refractivity contribution in [2.45, 2.75) is 6.54 Å². The van der Waals surface area contributed by atoms with Gasteiger partial charge in [-0.2, -0.15) is 5.26 Å². The summed E-state index contributed by atoms with van der Waals surface area (Å²) in [5.74, 6) is 0. The van der Waals surface area contributed by atoms with Crippen molar-refractivity contribution in [1.29, 1.82) is 5.26 Å². The van der Waals surface area contributed by atoms with Gasteiger partial charge >= 0.3 is 0 Å². The third-order valence-corrected chi connectivity index (χ3v) is 3.44. The van der Waals surface area contributed by atoms with Crippen LogP contribution in [0.3, 0.4) is 0 Å². The molecule has 0 bridgehead atoms. The van der Waals surface area contributed by atoms with Crippen LogP contribution in [-0.4, -0.2) is 4.98 Å². The highest BCUT2D eigenvalue weighted by molar-refractivity contribution is 6.30. The number of benzene rings is 2. The van der Waals surface area contributed by atoms with Gasteiger partial charge in [0.25, 0.3) is 0 Å². The summed E-state index contributed by atoms with van der Waals surface area (Å²) in [7, 11) is 0. The van der Waals surface area contributed by atoms with Crippen molar-refractivity contribution >= 4 is 28.2 Å². The summed E-state index contributed by atoms with van der Waals surface area (Å²) in [5.41, 5.74) is 3.63. The Kier molecular flexibility index (Phi) is 3.32. The van der Waals surface area contributed by atoms with Crippen LogP contribution in [0.4, 0.5) is 5.69 Å². The van der Waals surface area contributed by atoms with E-state index in [1.165, 1.54) is 5.39 Å². The summed E-state index contributed by atoms with van der Waals surface area (Å²) >= 11 is 5.97. The van der Waals surface area contributed by atoms with Gasteiger partial charge in [0.1, 0.15) is 6.07 Å². The molecule has 0 atom stereocenters. The number of halogens is 1. The van der Waals surface area contributed by atoms with Crippen LogP contribution in [0.15, 0.2) is 48.7 Å². The fourth-order valence-corrected chi connectivity index (χ4v) is 2.34. The maximum absolute atomic E-state index is 9.08. The molecule has 3 aromatic rings. The van der Waals surface area contributed by atoms with E-state index in [-0.39, 0.29) is 0 Å². The first-order chi connectivity index (χ1) is 9.76. The van der Waals surface area contributed by atoms with E-state index < -0.39 is 0 Å². The van der Waals surface area contributed by atoms with E-state index in [4.69, 9.17) is 16.9 Å². The number of aromatic nitrogens is 1. The van der Waals surface area contributed by atoms with Gasteiger partial charge in [-0.1, -0.05) is 17.7 Å². The molecule has 20 heavy (non-hydrogen) atoms. The highest BCUT2D eigenvalue weighted by atomic mass is 35.5. The predicted octanol–water partition coefficient (Wildman–Crippen LogP) is 4.31. The Morgan fingerprint density at radius 1 is 1.15 bits per heavy atom. The van der Waals surface area contributed by atoms with Gasteiger partial charge in [0.15, 0.2) is 0 Å². The molecule has 4 heteroatoms. The maximum Gasteiger partial charge on any atom is 0.101 e. The SMILES string of the molecule is N#Cc1ccc(Cl)cc1NCc1ccc2[nH]ccc2c1. The van der Waals surface area contributed by atoms with E-state index in [1.807, 2.05) is 12.3 Å². The summed E-state index contributed by atoms with van der Waals surface area (Å²) in [5, 5.41) is 14.1. The standard InChI is InChI=1S/C16H12ClN3/c17-14-3-2-13(9-18)16(8-14)20-10-11-1-4-15-12(7-11)5-6-19-15/h1-8,19-20H,10H2. The van der Waals surface area contributed by atoms with E-state index in [9.17, 15) is 0 Å². The minimum absolute atomic E-state index is 0.595. The lowest BCUT2D eigenvalue weighted by Crippen LogP contribution is -2.01. The monoisotopic (exact) mass is 281 g/mol. The molecule has 0 aliphatic rings. The molecule has 0 fully saturated rings. The Morgan fingerprint density at radius 3 is 2.90 bits per heavy atom. The van der Waals surface area contributed by atoms with Crippen LogP contribution < -0.4 is 5.32 Å². The molecule has 0 saturated carbocycles. The fraction of sp³-hybridized carbons (Fsp3) is 0.0625. The second kappa shape index (κ2) is 5.28. The number of anilines is 1. The van der Waals surface area contributed by atoms with E-state index in [0.717, 1.165) is 16.8 Å². The highest BCUT2D eigenvalue weighted by Gasteiger charge is 2.03. The lowest BCUT2D eigenvalue weighted by Gasteiger charge is -2.09. The molecular formula is C16H12ClN3. The Bertz CT molecular complexity index is 799. The average molecular weight is 282 g/mol. The number of nitriles is 1. The summed E-state index contributed by atoms with van der Waals surface area (Å²) < 4.78 is 0. The Morgan fingerprint density at radius 2 is 2.05 bits per heavy atom. The second-order valence-corrected chi connectivity index (χ2v) is 4.99. The molecule has 0 saturated heterocycles. The molecule has 0 aliphatic heterocycles. The zero-order valence-corrected chi connectivity index (χ0v) is 11.4. The molecule has 98 valence electrons. The molecule has 1 aromatic heterocycles. The number of fused-ring (bicyclic) bond motifs is 1. The van der Waals surface area contributed by atoms with Gasteiger partial charge in [-0.25, -0.2) is 0 Å². The zero-order chi connectivity index (χ0) is 13.9. The molecule has 1 heterocycles. The van der Waals surface area contributed by atoms with Crippen LogP contribution in [0.5, 0.6) is 0 Å². The second-order valence-electron chi connectivity index (χ2n) is 4.55. The van der Waals surface area contributed by atoms with E-state index in [0.29, 0.717) is 17.1 Å². The molecule has 0 radical (unpaired) electrons. The number of nitrogens with zero attached hydrogens (tertiary/aromatic N) is 1. The minimum Gasteiger partial charge on any atom is -0.380 e. The molecule has 0 unspecified atom stereocenters. The third-order valence-electron chi connectivity index (χ3n) is 3.20. The number of hydrogen-bond donors (Lipinski definition) is 2. The van der Waals surface area contributed by atoms with Crippen molar-refractivity contribution in [2.75, 3.05) is 5.32 Å². The molecule has 3 nitrogen and oxygen atoms in total. The first-order valence-corrected chi connectivity index (χ1v) is 6.63. The van der Waals surface area contributed by atoms with Crippen LogP contribution in [0, 0.1) is 11.3 Å². The first kappa shape index (κ1) is 12.6. The van der Waals surface area contributed by atoms with E-state index in [2.05, 4.69) is 34.6 Å². The van der Waals surface area contributed by atoms with Gasteiger partial charge in [0.2, 0.25) is 0 Å². The van der Waals surface area contributed by atoms with Crippen LogP contribution in [-0.2, 0) is 6.54 Å². The average Bonchev–Trinajstić information content (AvgIpc) is 2.92. The van der Waals surface area contributed by atoms with E-state index >= 15 is 0 Å². The summed E-state index contributed by atoms with van der Waals surface area (Å²) in [4.78, 5) is 3.17. The molecule has 0 aliphatic carbocycles. The van der Waals surface area contributed by atoms with Gasteiger partial charge in [-0.15, -0.1) is 0 Å². The van der Waals surface area contributed by atoms with Crippen LogP contribution >= 0.6 is 11.6 Å². The lowest BCUT2D eigenvalue weighted by atomic mass is 10.1. The summed E-state index contributed by atoms with van der Waals surface area (Å²) in [6.07, 6.45) is 1.92. The van der Waals surface area contributed by atoms with Gasteiger partial charge in [0.05, 0.1) is 11.3 Å². The Balaban J connectivity index is 1.82.